The zero-order chi connectivity index (χ0) is 14.3. The molecule has 0 N–H and O–H groups in total. The Morgan fingerprint density at radius 3 is 2.26 bits per heavy atom. The fourth-order valence-electron chi connectivity index (χ4n) is 2.64. The fraction of sp³-hybridized carbons (Fsp3) is 0.538. The van der Waals surface area contributed by atoms with Crippen LogP contribution in [0.4, 0.5) is 0 Å². The highest BCUT2D eigenvalue weighted by atomic mass is 16.7. The lowest BCUT2D eigenvalue weighted by atomic mass is 9.68. The minimum atomic E-state index is -1.57. The standard InChI is InChI=1S/C13H16O6/c1-16-10(14)8-7-12(17-2)6-5-9(8)13(18-3,19-4)11(12)15/h5-7,9H,1-4H3/t9-,12-/m1/s1. The zero-order valence-electron chi connectivity index (χ0n) is 11.3. The van der Waals surface area contributed by atoms with Crippen molar-refractivity contribution in [3.8, 4) is 0 Å². The zero-order valence-corrected chi connectivity index (χ0v) is 11.3. The third kappa shape index (κ3) is 1.60. The number of methoxy groups -OCH3 is 4. The summed E-state index contributed by atoms with van der Waals surface area (Å²) < 4.78 is 20.6. The number of ether oxygens (including phenoxy) is 4. The summed E-state index contributed by atoms with van der Waals surface area (Å²) in [6, 6.07) is 0. The van der Waals surface area contributed by atoms with E-state index in [1.807, 2.05) is 0 Å². The predicted molar refractivity (Wildman–Crippen MR) is 64.2 cm³/mol. The molecule has 6 heteroatoms. The molecule has 0 spiro atoms. The highest BCUT2D eigenvalue weighted by Gasteiger charge is 2.62. The van der Waals surface area contributed by atoms with Crippen molar-refractivity contribution in [1.82, 2.24) is 0 Å². The van der Waals surface area contributed by atoms with E-state index in [-0.39, 0.29) is 5.57 Å². The van der Waals surface area contributed by atoms with Crippen molar-refractivity contribution in [3.05, 3.63) is 23.8 Å². The normalized spacial score (nSPS) is 31.3. The summed E-state index contributed by atoms with van der Waals surface area (Å²) in [6.07, 6.45) is 4.73. The number of hydrogen-bond donors (Lipinski definition) is 0. The first-order valence-corrected chi connectivity index (χ1v) is 5.72. The number of rotatable bonds is 4. The lowest BCUT2D eigenvalue weighted by Crippen LogP contribution is -2.64. The Kier molecular flexibility index (Phi) is 3.34. The lowest BCUT2D eigenvalue weighted by molar-refractivity contribution is -0.234. The van der Waals surface area contributed by atoms with Crippen molar-refractivity contribution in [2.75, 3.05) is 28.4 Å². The van der Waals surface area contributed by atoms with E-state index in [0.717, 1.165) is 0 Å². The van der Waals surface area contributed by atoms with Gasteiger partial charge in [0.1, 0.15) is 0 Å². The smallest absolute Gasteiger partial charge is 0.334 e. The Morgan fingerprint density at radius 1 is 1.16 bits per heavy atom. The lowest BCUT2D eigenvalue weighted by Gasteiger charge is -2.47. The van der Waals surface area contributed by atoms with Crippen molar-refractivity contribution in [1.29, 1.82) is 0 Å². The van der Waals surface area contributed by atoms with Crippen LogP contribution >= 0.6 is 0 Å². The van der Waals surface area contributed by atoms with Gasteiger partial charge in [0.05, 0.1) is 13.0 Å². The number of esters is 1. The average molecular weight is 268 g/mol. The summed E-state index contributed by atoms with van der Waals surface area (Å²) in [7, 11) is 5.37. The number of fused-ring (bicyclic) bond motifs is 1. The molecular formula is C13H16O6. The molecule has 0 aromatic heterocycles. The van der Waals surface area contributed by atoms with Crippen LogP contribution in [0.2, 0.25) is 0 Å². The highest BCUT2D eigenvalue weighted by Crippen LogP contribution is 2.46. The number of Topliss-reactive ketones (excluding diaryl/α,β-unsaturated/α-hetero) is 1. The van der Waals surface area contributed by atoms with Crippen LogP contribution in [-0.4, -0.2) is 51.6 Å². The molecule has 0 saturated heterocycles. The molecule has 3 aliphatic rings. The van der Waals surface area contributed by atoms with E-state index >= 15 is 0 Å². The molecule has 0 unspecified atom stereocenters. The van der Waals surface area contributed by atoms with E-state index in [4.69, 9.17) is 18.9 Å². The number of ketones is 1. The second-order valence-corrected chi connectivity index (χ2v) is 4.33. The van der Waals surface area contributed by atoms with Gasteiger partial charge in [-0.15, -0.1) is 0 Å². The van der Waals surface area contributed by atoms with Crippen LogP contribution in [0, 0.1) is 5.92 Å². The van der Waals surface area contributed by atoms with Gasteiger partial charge in [0.15, 0.2) is 5.60 Å². The van der Waals surface area contributed by atoms with E-state index in [1.54, 1.807) is 12.2 Å². The second kappa shape index (κ2) is 4.56. The molecule has 0 amide bonds. The third-order valence-electron chi connectivity index (χ3n) is 3.69. The summed E-state index contributed by atoms with van der Waals surface area (Å²) in [4.78, 5) is 24.4. The molecule has 2 bridgehead atoms. The first-order chi connectivity index (χ1) is 9.01. The van der Waals surface area contributed by atoms with Crippen molar-refractivity contribution < 1.29 is 28.5 Å². The van der Waals surface area contributed by atoms with Gasteiger partial charge in [-0.05, 0) is 12.2 Å². The van der Waals surface area contributed by atoms with Gasteiger partial charge in [-0.2, -0.15) is 0 Å². The Hall–Kier alpha value is -1.50. The maximum Gasteiger partial charge on any atom is 0.334 e. The summed E-state index contributed by atoms with van der Waals surface area (Å²) in [5, 5.41) is 0. The molecule has 0 radical (unpaired) electrons. The van der Waals surface area contributed by atoms with E-state index < -0.39 is 29.1 Å². The molecule has 0 saturated carbocycles. The van der Waals surface area contributed by atoms with Gasteiger partial charge in [-0.1, -0.05) is 6.08 Å². The quantitative estimate of drug-likeness (QED) is 0.413. The first-order valence-electron chi connectivity index (χ1n) is 5.72. The molecule has 3 rings (SSSR count). The van der Waals surface area contributed by atoms with Gasteiger partial charge in [-0.25, -0.2) is 4.79 Å². The Labute approximate surface area is 111 Å². The first kappa shape index (κ1) is 13.9. The summed E-state index contributed by atoms with van der Waals surface area (Å²) in [5.74, 6) is -3.16. The van der Waals surface area contributed by atoms with Crippen LogP contribution in [0.25, 0.3) is 0 Å². The van der Waals surface area contributed by atoms with Crippen LogP contribution in [0.3, 0.4) is 0 Å². The Bertz CT molecular complexity index is 474. The second-order valence-electron chi connectivity index (χ2n) is 4.33. The molecule has 0 aromatic carbocycles. The minimum absolute atomic E-state index is 0.287. The van der Waals surface area contributed by atoms with Crippen LogP contribution in [0.15, 0.2) is 23.8 Å². The molecule has 0 heterocycles. The molecule has 0 aliphatic heterocycles. The van der Waals surface area contributed by atoms with Crippen molar-refractivity contribution >= 4 is 11.8 Å². The molecule has 0 aromatic rings. The maximum absolute atomic E-state index is 12.6. The molecule has 104 valence electrons. The van der Waals surface area contributed by atoms with Crippen LogP contribution in [0.1, 0.15) is 0 Å². The molecular weight excluding hydrogens is 252 g/mol. The van der Waals surface area contributed by atoms with Crippen molar-refractivity contribution in [2.24, 2.45) is 5.92 Å². The van der Waals surface area contributed by atoms with Crippen LogP contribution < -0.4 is 0 Å². The number of hydrogen-bond acceptors (Lipinski definition) is 6. The minimum Gasteiger partial charge on any atom is -0.466 e. The fourth-order valence-corrected chi connectivity index (χ4v) is 2.64. The monoisotopic (exact) mass is 268 g/mol. The molecule has 3 aliphatic carbocycles. The van der Waals surface area contributed by atoms with Gasteiger partial charge in [0.2, 0.25) is 11.6 Å². The Morgan fingerprint density at radius 2 is 1.79 bits per heavy atom. The number of carbonyl (C=O) groups excluding carboxylic acids is 2. The summed E-state index contributed by atoms with van der Waals surface area (Å²) >= 11 is 0. The summed E-state index contributed by atoms with van der Waals surface area (Å²) in [5.41, 5.74) is -1.07. The van der Waals surface area contributed by atoms with Gasteiger partial charge in [0, 0.05) is 26.9 Å². The Balaban J connectivity index is 2.62. The van der Waals surface area contributed by atoms with E-state index in [2.05, 4.69) is 0 Å². The highest BCUT2D eigenvalue weighted by molar-refractivity contribution is 6.05. The van der Waals surface area contributed by atoms with E-state index in [1.165, 1.54) is 34.5 Å². The molecule has 2 atom stereocenters. The SMILES string of the molecule is COC(=O)C1=C[C@]2(OC)C=C[C@H]1C(OC)(OC)C2=O. The topological polar surface area (TPSA) is 71.1 Å². The van der Waals surface area contributed by atoms with Gasteiger partial charge < -0.3 is 18.9 Å². The maximum atomic E-state index is 12.6. The number of carbonyl (C=O) groups is 2. The van der Waals surface area contributed by atoms with Gasteiger partial charge in [0.25, 0.3) is 0 Å². The predicted octanol–water partition coefficient (Wildman–Crippen LogP) is 0.229. The van der Waals surface area contributed by atoms with E-state index in [0.29, 0.717) is 0 Å². The van der Waals surface area contributed by atoms with Crippen molar-refractivity contribution in [2.45, 2.75) is 11.4 Å². The molecule has 19 heavy (non-hydrogen) atoms. The largest absolute Gasteiger partial charge is 0.466 e. The molecule has 6 nitrogen and oxygen atoms in total. The average Bonchev–Trinajstić information content (AvgIpc) is 2.48. The van der Waals surface area contributed by atoms with Crippen molar-refractivity contribution in [3.63, 3.8) is 0 Å². The summed E-state index contributed by atoms with van der Waals surface area (Å²) in [6.45, 7) is 0. The van der Waals surface area contributed by atoms with E-state index in [9.17, 15) is 9.59 Å². The van der Waals surface area contributed by atoms with Crippen LogP contribution in [0.5, 0.6) is 0 Å². The van der Waals surface area contributed by atoms with Gasteiger partial charge >= 0.3 is 5.97 Å². The van der Waals surface area contributed by atoms with Gasteiger partial charge in [-0.3, -0.25) is 4.79 Å². The molecule has 0 fully saturated rings. The third-order valence-corrected chi connectivity index (χ3v) is 3.69. The van der Waals surface area contributed by atoms with Crippen LogP contribution in [-0.2, 0) is 28.5 Å².